The van der Waals surface area contributed by atoms with E-state index in [1.54, 1.807) is 17.0 Å². The van der Waals surface area contributed by atoms with E-state index >= 15 is 0 Å². The molecule has 2 atom stereocenters. The summed E-state index contributed by atoms with van der Waals surface area (Å²) < 4.78 is 38.3. The largest absolute Gasteiger partial charge is 0.495 e. The lowest BCUT2D eigenvalue weighted by atomic mass is 10.1. The Kier molecular flexibility index (Phi) is 5.55. The molecular weight excluding hydrogens is 356 g/mol. The maximum atomic E-state index is 13.0. The Balaban J connectivity index is 1.93. The number of benzene rings is 1. The minimum atomic E-state index is -3.68. The third-order valence-corrected chi connectivity index (χ3v) is 6.72. The van der Waals surface area contributed by atoms with Crippen LogP contribution in [0.4, 0.5) is 0 Å². The van der Waals surface area contributed by atoms with E-state index in [1.807, 2.05) is 13.8 Å². The van der Waals surface area contributed by atoms with Crippen LogP contribution in [-0.4, -0.2) is 69.0 Å². The Morgan fingerprint density at radius 1 is 1.15 bits per heavy atom. The first kappa shape index (κ1) is 19.1. The smallest absolute Gasteiger partial charge is 0.254 e. The van der Waals surface area contributed by atoms with E-state index in [0.717, 1.165) is 12.8 Å². The molecule has 3 rings (SSSR count). The van der Waals surface area contributed by atoms with E-state index in [2.05, 4.69) is 0 Å². The number of rotatable bonds is 4. The van der Waals surface area contributed by atoms with Gasteiger partial charge >= 0.3 is 0 Å². The molecular formula is C18H26N2O5S. The first-order valence-electron chi connectivity index (χ1n) is 8.96. The molecule has 2 aliphatic rings. The van der Waals surface area contributed by atoms with Gasteiger partial charge in [-0.2, -0.15) is 4.31 Å². The zero-order chi connectivity index (χ0) is 18.9. The molecule has 1 amide bonds. The molecule has 2 saturated heterocycles. The molecule has 2 heterocycles. The van der Waals surface area contributed by atoms with Gasteiger partial charge in [-0.1, -0.05) is 0 Å². The average Bonchev–Trinajstić information content (AvgIpc) is 3.15. The summed E-state index contributed by atoms with van der Waals surface area (Å²) in [5.41, 5.74) is 0.352. The van der Waals surface area contributed by atoms with Crippen LogP contribution in [0.15, 0.2) is 23.1 Å². The lowest BCUT2D eigenvalue weighted by Crippen LogP contribution is -2.48. The van der Waals surface area contributed by atoms with Gasteiger partial charge in [-0.15, -0.1) is 0 Å². The van der Waals surface area contributed by atoms with Crippen molar-refractivity contribution in [2.24, 2.45) is 0 Å². The molecule has 0 radical (unpaired) electrons. The van der Waals surface area contributed by atoms with Crippen molar-refractivity contribution in [2.45, 2.75) is 43.8 Å². The Labute approximate surface area is 154 Å². The van der Waals surface area contributed by atoms with Gasteiger partial charge in [-0.25, -0.2) is 8.42 Å². The number of hydrogen-bond donors (Lipinski definition) is 0. The predicted molar refractivity (Wildman–Crippen MR) is 96.9 cm³/mol. The Morgan fingerprint density at radius 3 is 2.35 bits per heavy atom. The highest BCUT2D eigenvalue weighted by atomic mass is 32.2. The second kappa shape index (κ2) is 7.54. The first-order chi connectivity index (χ1) is 12.3. The molecule has 26 heavy (non-hydrogen) atoms. The molecule has 8 heteroatoms. The van der Waals surface area contributed by atoms with E-state index in [1.165, 1.54) is 17.5 Å². The molecule has 0 unspecified atom stereocenters. The molecule has 2 aliphatic heterocycles. The molecule has 7 nitrogen and oxygen atoms in total. The third-order valence-electron chi connectivity index (χ3n) is 4.80. The summed E-state index contributed by atoms with van der Waals surface area (Å²) in [6.45, 7) is 5.83. The van der Waals surface area contributed by atoms with Crippen LogP contribution in [0.5, 0.6) is 5.75 Å². The van der Waals surface area contributed by atoms with Gasteiger partial charge in [0.15, 0.2) is 0 Å². The van der Waals surface area contributed by atoms with E-state index < -0.39 is 10.0 Å². The fraction of sp³-hybridized carbons (Fsp3) is 0.611. The van der Waals surface area contributed by atoms with Gasteiger partial charge in [0.2, 0.25) is 10.0 Å². The monoisotopic (exact) mass is 382 g/mol. The molecule has 0 N–H and O–H groups in total. The number of methoxy groups -OCH3 is 1. The van der Waals surface area contributed by atoms with Crippen LogP contribution >= 0.6 is 0 Å². The van der Waals surface area contributed by atoms with E-state index in [9.17, 15) is 13.2 Å². The number of sulfonamides is 1. The number of morpholine rings is 1. The van der Waals surface area contributed by atoms with Gasteiger partial charge in [0.25, 0.3) is 5.91 Å². The maximum absolute atomic E-state index is 13.0. The van der Waals surface area contributed by atoms with Gasteiger partial charge in [-0.3, -0.25) is 4.79 Å². The van der Waals surface area contributed by atoms with Crippen molar-refractivity contribution in [1.82, 2.24) is 9.21 Å². The highest BCUT2D eigenvalue weighted by Gasteiger charge is 2.32. The Bertz CT molecular complexity index is 764. The van der Waals surface area contributed by atoms with Crippen LogP contribution in [0, 0.1) is 0 Å². The number of hydrogen-bond acceptors (Lipinski definition) is 5. The zero-order valence-corrected chi connectivity index (χ0v) is 16.3. The standard InChI is InChI=1S/C18H26N2O5S/c1-13-11-19(12-14(2)25-13)18(21)15-6-7-16(24-3)17(10-15)26(22,23)20-8-4-5-9-20/h6-7,10,13-14H,4-5,8-9,11-12H2,1-3H3/t13-,14-/m0/s1. The van der Waals surface area contributed by atoms with Crippen molar-refractivity contribution < 1.29 is 22.7 Å². The van der Waals surface area contributed by atoms with Gasteiger partial charge in [0.05, 0.1) is 19.3 Å². The summed E-state index contributed by atoms with van der Waals surface area (Å²) in [5, 5.41) is 0. The molecule has 0 spiro atoms. The molecule has 0 aromatic heterocycles. The second-order valence-electron chi connectivity index (χ2n) is 6.94. The molecule has 0 saturated carbocycles. The summed E-state index contributed by atoms with van der Waals surface area (Å²) in [4.78, 5) is 14.7. The molecule has 1 aromatic rings. The number of carbonyl (C=O) groups excluding carboxylic acids is 1. The number of nitrogens with zero attached hydrogens (tertiary/aromatic N) is 2. The molecule has 0 bridgehead atoms. The maximum Gasteiger partial charge on any atom is 0.254 e. The fourth-order valence-corrected chi connectivity index (χ4v) is 5.30. The van der Waals surface area contributed by atoms with Gasteiger partial charge in [0.1, 0.15) is 10.6 Å². The topological polar surface area (TPSA) is 76.1 Å². The number of ether oxygens (including phenoxy) is 2. The lowest BCUT2D eigenvalue weighted by Gasteiger charge is -2.35. The van der Waals surface area contributed by atoms with Gasteiger partial charge < -0.3 is 14.4 Å². The molecule has 1 aromatic carbocycles. The fourth-order valence-electron chi connectivity index (χ4n) is 3.61. The quantitative estimate of drug-likeness (QED) is 0.793. The van der Waals surface area contributed by atoms with Crippen molar-refractivity contribution in [3.05, 3.63) is 23.8 Å². The number of carbonyl (C=O) groups is 1. The van der Waals surface area contributed by atoms with E-state index in [4.69, 9.17) is 9.47 Å². The van der Waals surface area contributed by atoms with Crippen molar-refractivity contribution in [3.63, 3.8) is 0 Å². The van der Waals surface area contributed by atoms with Crippen molar-refractivity contribution in [2.75, 3.05) is 33.3 Å². The highest BCUT2D eigenvalue weighted by Crippen LogP contribution is 2.30. The second-order valence-corrected chi connectivity index (χ2v) is 8.85. The van der Waals surface area contributed by atoms with Crippen molar-refractivity contribution >= 4 is 15.9 Å². The summed E-state index contributed by atoms with van der Waals surface area (Å²) >= 11 is 0. The molecule has 0 aliphatic carbocycles. The van der Waals surface area contributed by atoms with Crippen LogP contribution < -0.4 is 4.74 Å². The van der Waals surface area contributed by atoms with Crippen molar-refractivity contribution in [1.29, 1.82) is 0 Å². The summed E-state index contributed by atoms with van der Waals surface area (Å²) in [7, 11) is -2.24. The summed E-state index contributed by atoms with van der Waals surface area (Å²) in [5.74, 6) is 0.0738. The van der Waals surface area contributed by atoms with Gasteiger partial charge in [-0.05, 0) is 44.9 Å². The zero-order valence-electron chi connectivity index (χ0n) is 15.5. The van der Waals surface area contributed by atoms with Gasteiger partial charge in [0, 0.05) is 31.7 Å². The predicted octanol–water partition coefficient (Wildman–Crippen LogP) is 1.73. The third kappa shape index (κ3) is 3.72. The van der Waals surface area contributed by atoms with E-state index in [0.29, 0.717) is 31.7 Å². The summed E-state index contributed by atoms with van der Waals surface area (Å²) in [6.07, 6.45) is 1.61. The summed E-state index contributed by atoms with van der Waals surface area (Å²) in [6, 6.07) is 4.62. The lowest BCUT2D eigenvalue weighted by molar-refractivity contribution is -0.0586. The minimum absolute atomic E-state index is 0.0475. The van der Waals surface area contributed by atoms with Crippen molar-refractivity contribution in [3.8, 4) is 5.75 Å². The Hall–Kier alpha value is -1.64. The van der Waals surface area contributed by atoms with Crippen LogP contribution in [0.25, 0.3) is 0 Å². The SMILES string of the molecule is COc1ccc(C(=O)N2C[C@H](C)O[C@@H](C)C2)cc1S(=O)(=O)N1CCCC1. The average molecular weight is 382 g/mol. The van der Waals surface area contributed by atoms with Crippen LogP contribution in [0.1, 0.15) is 37.0 Å². The Morgan fingerprint density at radius 2 is 1.77 bits per heavy atom. The minimum Gasteiger partial charge on any atom is -0.495 e. The number of amides is 1. The van der Waals surface area contributed by atoms with Crippen LogP contribution in [0.3, 0.4) is 0 Å². The van der Waals surface area contributed by atoms with Crippen LogP contribution in [-0.2, 0) is 14.8 Å². The highest BCUT2D eigenvalue weighted by molar-refractivity contribution is 7.89. The first-order valence-corrected chi connectivity index (χ1v) is 10.4. The van der Waals surface area contributed by atoms with Crippen LogP contribution in [0.2, 0.25) is 0 Å². The normalized spacial score (nSPS) is 24.7. The molecule has 144 valence electrons. The molecule has 2 fully saturated rings. The van der Waals surface area contributed by atoms with E-state index in [-0.39, 0.29) is 28.8 Å².